The zero-order valence-corrected chi connectivity index (χ0v) is 13.0. The Morgan fingerprint density at radius 3 is 2.24 bits per heavy atom. The number of pyridine rings is 1. The molecule has 0 amide bonds. The van der Waals surface area contributed by atoms with Crippen LogP contribution in [0.25, 0.3) is 0 Å². The first-order valence-corrected chi connectivity index (χ1v) is 8.18. The average molecular weight is 291 g/mol. The zero-order chi connectivity index (χ0) is 14.6. The molecule has 0 radical (unpaired) electrons. The predicted octanol–water partition coefficient (Wildman–Crippen LogP) is 0.446. The maximum atomic E-state index is 4.09. The molecule has 21 heavy (non-hydrogen) atoms. The standard InChI is InChI=1S/C16H29N5/c1-5-17-10-11-18-7-2-13-21(14-12-19-6-1)15-16-3-8-20-9-4-16/h3-4,8-9,17-19H,1-2,5-7,10-15H2. The summed E-state index contributed by atoms with van der Waals surface area (Å²) in [5, 5.41) is 10.5. The van der Waals surface area contributed by atoms with E-state index in [9.17, 15) is 0 Å². The van der Waals surface area contributed by atoms with Crippen LogP contribution in [0.1, 0.15) is 18.4 Å². The van der Waals surface area contributed by atoms with Gasteiger partial charge in [0.1, 0.15) is 0 Å². The summed E-state index contributed by atoms with van der Waals surface area (Å²) in [6, 6.07) is 4.23. The minimum absolute atomic E-state index is 1.02. The fraction of sp³-hybridized carbons (Fsp3) is 0.688. The maximum absolute atomic E-state index is 4.09. The van der Waals surface area contributed by atoms with E-state index >= 15 is 0 Å². The van der Waals surface area contributed by atoms with Crippen molar-refractivity contribution >= 4 is 0 Å². The van der Waals surface area contributed by atoms with Gasteiger partial charge in [0, 0.05) is 45.1 Å². The Morgan fingerprint density at radius 2 is 1.48 bits per heavy atom. The van der Waals surface area contributed by atoms with Gasteiger partial charge in [0.2, 0.25) is 0 Å². The summed E-state index contributed by atoms with van der Waals surface area (Å²) in [6.45, 7) is 9.78. The quantitative estimate of drug-likeness (QED) is 0.738. The first-order valence-electron chi connectivity index (χ1n) is 8.18. The molecule has 1 aromatic heterocycles. The van der Waals surface area contributed by atoms with Crippen molar-refractivity contribution in [2.45, 2.75) is 19.4 Å². The van der Waals surface area contributed by atoms with Crippen LogP contribution in [0.2, 0.25) is 0 Å². The second-order valence-electron chi connectivity index (χ2n) is 5.59. The summed E-state index contributed by atoms with van der Waals surface area (Å²) < 4.78 is 0. The van der Waals surface area contributed by atoms with E-state index in [1.165, 1.54) is 18.4 Å². The lowest BCUT2D eigenvalue weighted by Gasteiger charge is -2.23. The van der Waals surface area contributed by atoms with Crippen LogP contribution in [-0.2, 0) is 6.54 Å². The van der Waals surface area contributed by atoms with E-state index in [-0.39, 0.29) is 0 Å². The average Bonchev–Trinajstić information content (AvgIpc) is 2.52. The van der Waals surface area contributed by atoms with E-state index < -0.39 is 0 Å². The summed E-state index contributed by atoms with van der Waals surface area (Å²) >= 11 is 0. The van der Waals surface area contributed by atoms with E-state index in [2.05, 4.69) is 38.0 Å². The largest absolute Gasteiger partial charge is 0.315 e. The first kappa shape index (κ1) is 16.4. The van der Waals surface area contributed by atoms with E-state index in [4.69, 9.17) is 0 Å². The molecule has 0 saturated carbocycles. The minimum atomic E-state index is 1.02. The molecule has 2 heterocycles. The third kappa shape index (κ3) is 7.52. The van der Waals surface area contributed by atoms with Crippen molar-refractivity contribution < 1.29 is 0 Å². The molecule has 0 bridgehead atoms. The van der Waals surface area contributed by atoms with Gasteiger partial charge >= 0.3 is 0 Å². The summed E-state index contributed by atoms with van der Waals surface area (Å²) in [5.74, 6) is 0. The van der Waals surface area contributed by atoms with E-state index in [1.807, 2.05) is 12.4 Å². The summed E-state index contributed by atoms with van der Waals surface area (Å²) in [5.41, 5.74) is 1.35. The molecule has 1 aromatic rings. The molecule has 3 N–H and O–H groups in total. The van der Waals surface area contributed by atoms with Gasteiger partial charge in [-0.25, -0.2) is 0 Å². The van der Waals surface area contributed by atoms with Gasteiger partial charge < -0.3 is 16.0 Å². The van der Waals surface area contributed by atoms with Crippen molar-refractivity contribution in [2.24, 2.45) is 0 Å². The predicted molar refractivity (Wildman–Crippen MR) is 87.4 cm³/mol. The highest BCUT2D eigenvalue weighted by Gasteiger charge is 2.06. The molecule has 118 valence electrons. The lowest BCUT2D eigenvalue weighted by Crippen LogP contribution is -2.36. The summed E-state index contributed by atoms with van der Waals surface area (Å²) in [4.78, 5) is 6.63. The van der Waals surface area contributed by atoms with Gasteiger partial charge in [-0.3, -0.25) is 9.88 Å². The van der Waals surface area contributed by atoms with E-state index in [0.29, 0.717) is 0 Å². The van der Waals surface area contributed by atoms with Gasteiger partial charge in [0.15, 0.2) is 0 Å². The van der Waals surface area contributed by atoms with Gasteiger partial charge in [-0.2, -0.15) is 0 Å². The van der Waals surface area contributed by atoms with Crippen LogP contribution >= 0.6 is 0 Å². The number of rotatable bonds is 2. The first-order chi connectivity index (χ1) is 10.4. The number of hydrogen-bond acceptors (Lipinski definition) is 5. The number of aromatic nitrogens is 1. The van der Waals surface area contributed by atoms with Gasteiger partial charge in [0.05, 0.1) is 0 Å². The molecule has 1 aliphatic rings. The van der Waals surface area contributed by atoms with Crippen molar-refractivity contribution in [2.75, 3.05) is 52.4 Å². The Morgan fingerprint density at radius 1 is 0.810 bits per heavy atom. The van der Waals surface area contributed by atoms with Crippen LogP contribution in [0, 0.1) is 0 Å². The third-order valence-electron chi connectivity index (χ3n) is 3.77. The normalized spacial score (nSPS) is 20.8. The second kappa shape index (κ2) is 10.7. The molecule has 5 nitrogen and oxygen atoms in total. The molecule has 1 aliphatic heterocycles. The number of nitrogens with one attached hydrogen (secondary N) is 3. The van der Waals surface area contributed by atoms with Crippen molar-refractivity contribution in [3.8, 4) is 0 Å². The van der Waals surface area contributed by atoms with Crippen molar-refractivity contribution in [3.05, 3.63) is 30.1 Å². The van der Waals surface area contributed by atoms with Crippen LogP contribution in [0.3, 0.4) is 0 Å². The van der Waals surface area contributed by atoms with Crippen molar-refractivity contribution in [3.63, 3.8) is 0 Å². The van der Waals surface area contributed by atoms with Gasteiger partial charge in [-0.15, -0.1) is 0 Å². The van der Waals surface area contributed by atoms with Gasteiger partial charge in [-0.05, 0) is 56.7 Å². The molecule has 0 aliphatic carbocycles. The zero-order valence-electron chi connectivity index (χ0n) is 13.0. The molecule has 0 aromatic carbocycles. The highest BCUT2D eigenvalue weighted by Crippen LogP contribution is 2.03. The molecule has 2 rings (SSSR count). The number of nitrogens with zero attached hydrogens (tertiary/aromatic N) is 2. The molecule has 1 fully saturated rings. The van der Waals surface area contributed by atoms with Gasteiger partial charge in [-0.1, -0.05) is 0 Å². The molecule has 1 saturated heterocycles. The van der Waals surface area contributed by atoms with E-state index in [1.54, 1.807) is 0 Å². The van der Waals surface area contributed by atoms with Crippen molar-refractivity contribution in [1.29, 1.82) is 0 Å². The molecule has 0 atom stereocenters. The van der Waals surface area contributed by atoms with Crippen LogP contribution in [0.15, 0.2) is 24.5 Å². The fourth-order valence-electron chi connectivity index (χ4n) is 2.57. The topological polar surface area (TPSA) is 52.2 Å². The lowest BCUT2D eigenvalue weighted by atomic mass is 10.2. The third-order valence-corrected chi connectivity index (χ3v) is 3.77. The fourth-order valence-corrected chi connectivity index (χ4v) is 2.57. The van der Waals surface area contributed by atoms with Crippen LogP contribution in [0.5, 0.6) is 0 Å². The smallest absolute Gasteiger partial charge is 0.0271 e. The maximum Gasteiger partial charge on any atom is 0.0271 e. The second-order valence-corrected chi connectivity index (χ2v) is 5.59. The Balaban J connectivity index is 1.78. The van der Waals surface area contributed by atoms with Crippen LogP contribution < -0.4 is 16.0 Å². The van der Waals surface area contributed by atoms with Crippen LogP contribution in [0.4, 0.5) is 0 Å². The summed E-state index contributed by atoms with van der Waals surface area (Å²) in [7, 11) is 0. The van der Waals surface area contributed by atoms with Crippen LogP contribution in [-0.4, -0.2) is 62.2 Å². The molecule has 5 heteroatoms. The minimum Gasteiger partial charge on any atom is -0.315 e. The Kier molecular flexibility index (Phi) is 8.32. The Hall–Kier alpha value is -1.01. The summed E-state index contributed by atoms with van der Waals surface area (Å²) in [6.07, 6.45) is 6.16. The van der Waals surface area contributed by atoms with E-state index in [0.717, 1.165) is 58.9 Å². The highest BCUT2D eigenvalue weighted by molar-refractivity contribution is 5.09. The molecule has 0 spiro atoms. The monoisotopic (exact) mass is 291 g/mol. The van der Waals surface area contributed by atoms with Crippen molar-refractivity contribution in [1.82, 2.24) is 25.8 Å². The number of hydrogen-bond donors (Lipinski definition) is 3. The highest BCUT2D eigenvalue weighted by atomic mass is 15.1. The molecule has 0 unspecified atom stereocenters. The lowest BCUT2D eigenvalue weighted by molar-refractivity contribution is 0.260. The SMILES string of the molecule is c1cc(CN2CCCNCCNCCCNCC2)ccn1. The molecular formula is C16H29N5. The molecular weight excluding hydrogens is 262 g/mol. The Bertz CT molecular complexity index is 343. The Labute approximate surface area is 128 Å². The van der Waals surface area contributed by atoms with Gasteiger partial charge in [0.25, 0.3) is 0 Å².